The van der Waals surface area contributed by atoms with E-state index in [1.165, 1.54) is 7.11 Å². The van der Waals surface area contributed by atoms with E-state index < -0.39 is 0 Å². The number of rotatable bonds is 5. The molecule has 1 saturated heterocycles. The Labute approximate surface area is 124 Å². The minimum Gasteiger partial charge on any atom is -0.375 e. The van der Waals surface area contributed by atoms with Gasteiger partial charge in [0.2, 0.25) is 11.8 Å². The number of benzene rings is 1. The molecule has 21 heavy (non-hydrogen) atoms. The molecule has 0 radical (unpaired) electrons. The zero-order valence-corrected chi connectivity index (χ0v) is 12.3. The molecule has 114 valence electrons. The monoisotopic (exact) mass is 291 g/mol. The van der Waals surface area contributed by atoms with Crippen molar-refractivity contribution in [1.29, 1.82) is 0 Å². The largest absolute Gasteiger partial charge is 0.375 e. The number of amides is 2. The highest BCUT2D eigenvalue weighted by atomic mass is 16.5. The third kappa shape index (κ3) is 4.27. The first-order valence-corrected chi connectivity index (χ1v) is 7.03. The number of methoxy groups -OCH3 is 1. The quantitative estimate of drug-likeness (QED) is 0.762. The van der Waals surface area contributed by atoms with Crippen LogP contribution in [0, 0.1) is 5.92 Å². The van der Waals surface area contributed by atoms with Crippen molar-refractivity contribution in [3.05, 3.63) is 24.3 Å². The minimum absolute atomic E-state index is 0.0174. The molecule has 2 unspecified atom stereocenters. The molecule has 2 amide bonds. The highest BCUT2D eigenvalue weighted by Gasteiger charge is 2.29. The van der Waals surface area contributed by atoms with Crippen molar-refractivity contribution in [2.75, 3.05) is 30.9 Å². The van der Waals surface area contributed by atoms with Crippen LogP contribution < -0.4 is 16.0 Å². The van der Waals surface area contributed by atoms with Crippen molar-refractivity contribution in [2.45, 2.75) is 19.4 Å². The molecule has 0 aromatic heterocycles. The maximum absolute atomic E-state index is 12.1. The fraction of sp³-hybridized carbons (Fsp3) is 0.467. The molecule has 1 aromatic carbocycles. The van der Waals surface area contributed by atoms with E-state index in [0.29, 0.717) is 17.3 Å². The van der Waals surface area contributed by atoms with Gasteiger partial charge in [0.1, 0.15) is 6.61 Å². The van der Waals surface area contributed by atoms with Crippen LogP contribution in [-0.2, 0) is 14.3 Å². The molecule has 2 atom stereocenters. The molecular formula is C15H21N3O3. The molecule has 6 heteroatoms. The Balaban J connectivity index is 1.90. The fourth-order valence-electron chi connectivity index (χ4n) is 2.37. The van der Waals surface area contributed by atoms with Crippen LogP contribution in [0.25, 0.3) is 0 Å². The standard InChI is InChI=1S/C15H21N3O3/c1-10-7-8-16-14(10)15(20)18-12-5-3-11(4-6-12)17-13(19)9-21-2/h3-6,10,14,16H,7-9H2,1-2H3,(H,17,19)(H,18,20). The van der Waals surface area contributed by atoms with Gasteiger partial charge < -0.3 is 20.7 Å². The number of carbonyl (C=O) groups is 2. The van der Waals surface area contributed by atoms with Gasteiger partial charge in [-0.05, 0) is 43.1 Å². The van der Waals surface area contributed by atoms with E-state index in [-0.39, 0.29) is 24.5 Å². The van der Waals surface area contributed by atoms with Crippen molar-refractivity contribution >= 4 is 23.2 Å². The van der Waals surface area contributed by atoms with Gasteiger partial charge in [0.15, 0.2) is 0 Å². The Bertz CT molecular complexity index is 501. The summed E-state index contributed by atoms with van der Waals surface area (Å²) in [5, 5.41) is 8.77. The lowest BCUT2D eigenvalue weighted by Crippen LogP contribution is -2.39. The highest BCUT2D eigenvalue weighted by Crippen LogP contribution is 2.18. The molecule has 1 aliphatic rings. The van der Waals surface area contributed by atoms with Gasteiger partial charge in [-0.3, -0.25) is 9.59 Å². The maximum atomic E-state index is 12.1. The fourth-order valence-corrected chi connectivity index (χ4v) is 2.37. The van der Waals surface area contributed by atoms with E-state index in [2.05, 4.69) is 22.9 Å². The van der Waals surface area contributed by atoms with Gasteiger partial charge in [0.25, 0.3) is 0 Å². The van der Waals surface area contributed by atoms with E-state index >= 15 is 0 Å². The highest BCUT2D eigenvalue weighted by molar-refractivity contribution is 5.96. The number of hydrogen-bond donors (Lipinski definition) is 3. The summed E-state index contributed by atoms with van der Waals surface area (Å²) in [5.41, 5.74) is 1.38. The number of hydrogen-bond acceptors (Lipinski definition) is 4. The summed E-state index contributed by atoms with van der Waals surface area (Å²) in [6.07, 6.45) is 1.02. The lowest BCUT2D eigenvalue weighted by atomic mass is 10.0. The Kier molecular flexibility index (Phi) is 5.30. The summed E-state index contributed by atoms with van der Waals surface area (Å²) in [7, 11) is 1.47. The summed E-state index contributed by atoms with van der Waals surface area (Å²) < 4.78 is 4.74. The lowest BCUT2D eigenvalue weighted by molar-refractivity contribution is -0.120. The summed E-state index contributed by atoms with van der Waals surface area (Å²) >= 11 is 0. The molecule has 1 fully saturated rings. The van der Waals surface area contributed by atoms with Crippen LogP contribution in [0.5, 0.6) is 0 Å². The molecule has 0 saturated carbocycles. The molecule has 2 rings (SSSR count). The summed E-state index contributed by atoms with van der Waals surface area (Å²) in [6, 6.07) is 6.88. The second-order valence-corrected chi connectivity index (χ2v) is 5.25. The van der Waals surface area contributed by atoms with Gasteiger partial charge in [0, 0.05) is 18.5 Å². The zero-order chi connectivity index (χ0) is 15.2. The van der Waals surface area contributed by atoms with Gasteiger partial charge in [-0.1, -0.05) is 6.92 Å². The molecule has 0 spiro atoms. The van der Waals surface area contributed by atoms with Crippen LogP contribution in [0.1, 0.15) is 13.3 Å². The molecule has 1 aromatic rings. The molecule has 3 N–H and O–H groups in total. The molecule has 1 aliphatic heterocycles. The van der Waals surface area contributed by atoms with Gasteiger partial charge in [-0.15, -0.1) is 0 Å². The van der Waals surface area contributed by atoms with Crippen molar-refractivity contribution in [1.82, 2.24) is 5.32 Å². The molecular weight excluding hydrogens is 270 g/mol. The minimum atomic E-state index is -0.210. The lowest BCUT2D eigenvalue weighted by Gasteiger charge is -2.15. The Morgan fingerprint density at radius 1 is 1.24 bits per heavy atom. The third-order valence-electron chi connectivity index (χ3n) is 3.53. The first-order chi connectivity index (χ1) is 10.1. The SMILES string of the molecule is COCC(=O)Nc1ccc(NC(=O)C2NCCC2C)cc1. The number of nitrogens with one attached hydrogen (secondary N) is 3. The molecule has 6 nitrogen and oxygen atoms in total. The van der Waals surface area contributed by atoms with Crippen LogP contribution in [0.4, 0.5) is 11.4 Å². The Morgan fingerprint density at radius 2 is 1.86 bits per heavy atom. The molecule has 0 aliphatic carbocycles. The second-order valence-electron chi connectivity index (χ2n) is 5.25. The molecule has 1 heterocycles. The first-order valence-electron chi connectivity index (χ1n) is 7.03. The molecule has 0 bridgehead atoms. The summed E-state index contributed by atoms with van der Waals surface area (Å²) in [6.45, 7) is 2.96. The van der Waals surface area contributed by atoms with Crippen molar-refractivity contribution in [3.8, 4) is 0 Å². The first kappa shape index (κ1) is 15.5. The van der Waals surface area contributed by atoms with Crippen molar-refractivity contribution in [2.24, 2.45) is 5.92 Å². The topological polar surface area (TPSA) is 79.5 Å². The second kappa shape index (κ2) is 7.19. The number of ether oxygens (including phenoxy) is 1. The Morgan fingerprint density at radius 3 is 2.38 bits per heavy atom. The van der Waals surface area contributed by atoms with Crippen LogP contribution in [0.3, 0.4) is 0 Å². The van der Waals surface area contributed by atoms with E-state index in [9.17, 15) is 9.59 Å². The normalized spacial score (nSPS) is 21.0. The van der Waals surface area contributed by atoms with Gasteiger partial charge in [-0.25, -0.2) is 0 Å². The van der Waals surface area contributed by atoms with Crippen LogP contribution >= 0.6 is 0 Å². The van der Waals surface area contributed by atoms with E-state index in [1.807, 2.05) is 0 Å². The smallest absolute Gasteiger partial charge is 0.250 e. The van der Waals surface area contributed by atoms with Crippen LogP contribution in [0.2, 0.25) is 0 Å². The van der Waals surface area contributed by atoms with E-state index in [4.69, 9.17) is 4.74 Å². The zero-order valence-electron chi connectivity index (χ0n) is 12.3. The predicted molar refractivity (Wildman–Crippen MR) is 81.1 cm³/mol. The van der Waals surface area contributed by atoms with Gasteiger partial charge >= 0.3 is 0 Å². The summed E-state index contributed by atoms with van der Waals surface area (Å²) in [5.74, 6) is 0.118. The number of carbonyl (C=O) groups excluding carboxylic acids is 2. The predicted octanol–water partition coefficient (Wildman–Crippen LogP) is 1.21. The third-order valence-corrected chi connectivity index (χ3v) is 3.53. The van der Waals surface area contributed by atoms with Crippen molar-refractivity contribution < 1.29 is 14.3 Å². The average Bonchev–Trinajstić information content (AvgIpc) is 2.87. The summed E-state index contributed by atoms with van der Waals surface area (Å²) in [4.78, 5) is 23.5. The van der Waals surface area contributed by atoms with E-state index in [0.717, 1.165) is 13.0 Å². The van der Waals surface area contributed by atoms with Gasteiger partial charge in [-0.2, -0.15) is 0 Å². The number of anilines is 2. The van der Waals surface area contributed by atoms with Gasteiger partial charge in [0.05, 0.1) is 6.04 Å². The Hall–Kier alpha value is -1.92. The van der Waals surface area contributed by atoms with Crippen LogP contribution in [0.15, 0.2) is 24.3 Å². The van der Waals surface area contributed by atoms with E-state index in [1.54, 1.807) is 24.3 Å². The van der Waals surface area contributed by atoms with Crippen molar-refractivity contribution in [3.63, 3.8) is 0 Å². The maximum Gasteiger partial charge on any atom is 0.250 e. The van der Waals surface area contributed by atoms with Crippen LogP contribution in [-0.4, -0.2) is 38.1 Å². The average molecular weight is 291 g/mol.